The fourth-order valence-corrected chi connectivity index (χ4v) is 2.55. The highest BCUT2D eigenvalue weighted by Gasteiger charge is 2.26. The summed E-state index contributed by atoms with van der Waals surface area (Å²) < 4.78 is 0. The number of benzene rings is 1. The molecule has 1 aliphatic rings. The van der Waals surface area contributed by atoms with Crippen molar-refractivity contribution in [2.45, 2.75) is 25.8 Å². The number of nitrogens with zero attached hydrogens (tertiary/aromatic N) is 2. The molecule has 1 N–H and O–H groups in total. The van der Waals surface area contributed by atoms with Gasteiger partial charge in [0.25, 0.3) is 0 Å². The van der Waals surface area contributed by atoms with Gasteiger partial charge in [0.15, 0.2) is 0 Å². The minimum Gasteiger partial charge on any atom is -0.508 e. The van der Waals surface area contributed by atoms with E-state index < -0.39 is 0 Å². The average molecular weight is 262 g/mol. The minimum atomic E-state index is 0.105. The Kier molecular flexibility index (Phi) is 4.43. The van der Waals surface area contributed by atoms with Crippen LogP contribution in [0.15, 0.2) is 24.3 Å². The second-order valence-electron chi connectivity index (χ2n) is 5.19. The third kappa shape index (κ3) is 3.26. The Morgan fingerprint density at radius 1 is 1.37 bits per heavy atom. The summed E-state index contributed by atoms with van der Waals surface area (Å²) in [6.07, 6.45) is 1.34. The molecule has 4 heteroatoms. The molecule has 2 rings (SSSR count). The zero-order chi connectivity index (χ0) is 13.8. The number of para-hydroxylation sites is 1. The van der Waals surface area contributed by atoms with Gasteiger partial charge in [-0.3, -0.25) is 9.69 Å². The second-order valence-corrected chi connectivity index (χ2v) is 5.19. The van der Waals surface area contributed by atoms with Gasteiger partial charge in [0, 0.05) is 31.2 Å². The maximum Gasteiger partial charge on any atom is 0.227 e. The van der Waals surface area contributed by atoms with Crippen LogP contribution in [0.3, 0.4) is 0 Å². The van der Waals surface area contributed by atoms with E-state index in [1.54, 1.807) is 18.2 Å². The Labute approximate surface area is 114 Å². The molecule has 1 saturated heterocycles. The number of phenolic OH excluding ortho intramolecular Hbond substituents is 1. The first-order chi connectivity index (χ1) is 9.11. The van der Waals surface area contributed by atoms with Gasteiger partial charge in [-0.25, -0.2) is 0 Å². The van der Waals surface area contributed by atoms with Gasteiger partial charge in [-0.15, -0.1) is 0 Å². The molecule has 1 atom stereocenters. The van der Waals surface area contributed by atoms with Gasteiger partial charge >= 0.3 is 0 Å². The van der Waals surface area contributed by atoms with E-state index in [1.165, 1.54) is 0 Å². The number of likely N-dealkylation sites (N-methyl/N-ethyl adjacent to an activating group) is 1. The van der Waals surface area contributed by atoms with Gasteiger partial charge in [0.1, 0.15) is 5.75 Å². The van der Waals surface area contributed by atoms with Crippen molar-refractivity contribution in [2.24, 2.45) is 0 Å². The van der Waals surface area contributed by atoms with Crippen LogP contribution in [0, 0.1) is 0 Å². The van der Waals surface area contributed by atoms with Crippen molar-refractivity contribution < 1.29 is 9.90 Å². The fraction of sp³-hybridized carbons (Fsp3) is 0.533. The van der Waals surface area contributed by atoms with E-state index in [0.29, 0.717) is 11.6 Å². The van der Waals surface area contributed by atoms with E-state index in [4.69, 9.17) is 0 Å². The molecule has 104 valence electrons. The molecular weight excluding hydrogens is 240 g/mol. The lowest BCUT2D eigenvalue weighted by Crippen LogP contribution is -2.53. The number of piperazine rings is 1. The van der Waals surface area contributed by atoms with Crippen LogP contribution in [0.25, 0.3) is 0 Å². The first-order valence-corrected chi connectivity index (χ1v) is 6.86. The highest BCUT2D eigenvalue weighted by Crippen LogP contribution is 2.18. The van der Waals surface area contributed by atoms with Crippen molar-refractivity contribution in [3.8, 4) is 5.75 Å². The van der Waals surface area contributed by atoms with E-state index >= 15 is 0 Å². The summed E-state index contributed by atoms with van der Waals surface area (Å²) in [7, 11) is 2.11. The zero-order valence-electron chi connectivity index (χ0n) is 11.7. The number of rotatable bonds is 3. The number of aromatic hydroxyl groups is 1. The smallest absolute Gasteiger partial charge is 0.227 e. The van der Waals surface area contributed by atoms with Gasteiger partial charge in [-0.05, 0) is 19.5 Å². The Hall–Kier alpha value is -1.55. The predicted octanol–water partition coefficient (Wildman–Crippen LogP) is 1.49. The standard InChI is InChI=1S/C15H22N2O2/c1-3-13-11-17(9-8-16(13)2)15(19)10-12-6-4-5-7-14(12)18/h4-7,13,18H,3,8-11H2,1-2H3. The average Bonchev–Trinajstić information content (AvgIpc) is 2.42. The molecule has 0 aliphatic carbocycles. The molecule has 1 aromatic carbocycles. The fourth-order valence-electron chi connectivity index (χ4n) is 2.55. The van der Waals surface area contributed by atoms with E-state index in [1.807, 2.05) is 11.0 Å². The Morgan fingerprint density at radius 3 is 2.79 bits per heavy atom. The van der Waals surface area contributed by atoms with Crippen molar-refractivity contribution in [2.75, 3.05) is 26.7 Å². The zero-order valence-corrected chi connectivity index (χ0v) is 11.7. The van der Waals surface area contributed by atoms with Crippen molar-refractivity contribution >= 4 is 5.91 Å². The lowest BCUT2D eigenvalue weighted by atomic mass is 10.1. The molecule has 0 bridgehead atoms. The minimum absolute atomic E-state index is 0.105. The third-order valence-electron chi connectivity index (χ3n) is 3.93. The van der Waals surface area contributed by atoms with Crippen LogP contribution in [-0.4, -0.2) is 53.5 Å². The third-order valence-corrected chi connectivity index (χ3v) is 3.93. The maximum absolute atomic E-state index is 12.3. The largest absolute Gasteiger partial charge is 0.508 e. The van der Waals surface area contributed by atoms with E-state index in [2.05, 4.69) is 18.9 Å². The highest BCUT2D eigenvalue weighted by molar-refractivity contribution is 5.79. The SMILES string of the molecule is CCC1CN(C(=O)Cc2ccccc2O)CCN1C. The normalized spacial score (nSPS) is 20.5. The lowest BCUT2D eigenvalue weighted by molar-refractivity contribution is -0.133. The summed E-state index contributed by atoms with van der Waals surface area (Å²) in [6.45, 7) is 4.64. The van der Waals surface area contributed by atoms with Crippen LogP contribution in [0.2, 0.25) is 0 Å². The number of phenols is 1. The van der Waals surface area contributed by atoms with Crippen LogP contribution in [0.1, 0.15) is 18.9 Å². The molecular formula is C15H22N2O2. The number of hydrogen-bond donors (Lipinski definition) is 1. The molecule has 0 aromatic heterocycles. The van der Waals surface area contributed by atoms with Crippen molar-refractivity contribution in [3.63, 3.8) is 0 Å². The number of carbonyl (C=O) groups excluding carboxylic acids is 1. The van der Waals surface area contributed by atoms with Crippen LogP contribution >= 0.6 is 0 Å². The van der Waals surface area contributed by atoms with Crippen LogP contribution < -0.4 is 0 Å². The topological polar surface area (TPSA) is 43.8 Å². The van der Waals surface area contributed by atoms with Gasteiger partial charge < -0.3 is 10.0 Å². The molecule has 1 unspecified atom stereocenters. The Balaban J connectivity index is 1.99. The summed E-state index contributed by atoms with van der Waals surface area (Å²) in [5.41, 5.74) is 0.708. The van der Waals surface area contributed by atoms with E-state index in [0.717, 1.165) is 26.1 Å². The monoisotopic (exact) mass is 262 g/mol. The quantitative estimate of drug-likeness (QED) is 0.897. The number of carbonyl (C=O) groups is 1. The van der Waals surface area contributed by atoms with Crippen LogP contribution in [-0.2, 0) is 11.2 Å². The maximum atomic E-state index is 12.3. The van der Waals surface area contributed by atoms with Gasteiger partial charge in [0.05, 0.1) is 6.42 Å². The van der Waals surface area contributed by atoms with Crippen LogP contribution in [0.4, 0.5) is 0 Å². The summed E-state index contributed by atoms with van der Waals surface area (Å²) >= 11 is 0. The van der Waals surface area contributed by atoms with Crippen molar-refractivity contribution in [1.29, 1.82) is 0 Å². The van der Waals surface area contributed by atoms with Gasteiger partial charge in [0.2, 0.25) is 5.91 Å². The summed E-state index contributed by atoms with van der Waals surface area (Å²) in [4.78, 5) is 16.5. The van der Waals surface area contributed by atoms with Crippen molar-refractivity contribution in [3.05, 3.63) is 29.8 Å². The molecule has 0 spiro atoms. The molecule has 1 aliphatic heterocycles. The second kappa shape index (κ2) is 6.06. The molecule has 19 heavy (non-hydrogen) atoms. The number of amides is 1. The first kappa shape index (κ1) is 13.9. The van der Waals surface area contributed by atoms with Crippen molar-refractivity contribution in [1.82, 2.24) is 9.80 Å². The lowest BCUT2D eigenvalue weighted by Gasteiger charge is -2.39. The highest BCUT2D eigenvalue weighted by atomic mass is 16.3. The first-order valence-electron chi connectivity index (χ1n) is 6.86. The molecule has 1 aromatic rings. The van der Waals surface area contributed by atoms with Gasteiger partial charge in [-0.2, -0.15) is 0 Å². The molecule has 1 amide bonds. The summed E-state index contributed by atoms with van der Waals surface area (Å²) in [6, 6.07) is 7.50. The van der Waals surface area contributed by atoms with Crippen LogP contribution in [0.5, 0.6) is 5.75 Å². The molecule has 1 fully saturated rings. The summed E-state index contributed by atoms with van der Waals surface area (Å²) in [5, 5.41) is 9.72. The molecule has 0 radical (unpaired) electrons. The van der Waals surface area contributed by atoms with E-state index in [9.17, 15) is 9.90 Å². The Bertz CT molecular complexity index is 448. The Morgan fingerprint density at radius 2 is 2.11 bits per heavy atom. The predicted molar refractivity (Wildman–Crippen MR) is 75.1 cm³/mol. The molecule has 1 heterocycles. The molecule has 0 saturated carbocycles. The van der Waals surface area contributed by atoms with Gasteiger partial charge in [-0.1, -0.05) is 25.1 Å². The van der Waals surface area contributed by atoms with E-state index in [-0.39, 0.29) is 18.1 Å². The summed E-state index contributed by atoms with van der Waals surface area (Å²) in [5.74, 6) is 0.310. The molecule has 4 nitrogen and oxygen atoms in total. The number of hydrogen-bond acceptors (Lipinski definition) is 3.